The van der Waals surface area contributed by atoms with Crippen LogP contribution < -0.4 is 10.1 Å². The molecule has 0 aliphatic heterocycles. The Kier molecular flexibility index (Phi) is 6.69. The van der Waals surface area contributed by atoms with Crippen molar-refractivity contribution < 1.29 is 9.53 Å². The fraction of sp³-hybridized carbons (Fsp3) is 0.316. The van der Waals surface area contributed by atoms with Gasteiger partial charge in [-0.3, -0.25) is 4.79 Å². The fourth-order valence-corrected chi connectivity index (χ4v) is 3.10. The third-order valence-electron chi connectivity index (χ3n) is 3.93. The molecule has 0 saturated carbocycles. The molecule has 0 aromatic heterocycles. The minimum Gasteiger partial charge on any atom is -0.482 e. The van der Waals surface area contributed by atoms with Gasteiger partial charge >= 0.3 is 0 Å². The van der Waals surface area contributed by atoms with E-state index in [-0.39, 0.29) is 18.6 Å². The molecule has 0 fully saturated rings. The van der Waals surface area contributed by atoms with E-state index in [2.05, 4.69) is 53.3 Å². The first-order chi connectivity index (χ1) is 11.4. The molecule has 1 amide bonds. The SMILES string of the molecule is CC[C@H](NC(=O)COc1ccc(Br)cc1Cl)c1ccc(C)c(C)c1. The van der Waals surface area contributed by atoms with Gasteiger partial charge in [-0.25, -0.2) is 0 Å². The average Bonchev–Trinajstić information content (AvgIpc) is 2.54. The van der Waals surface area contributed by atoms with Crippen molar-refractivity contribution in [3.63, 3.8) is 0 Å². The lowest BCUT2D eigenvalue weighted by Gasteiger charge is -2.19. The molecule has 128 valence electrons. The van der Waals surface area contributed by atoms with Crippen molar-refractivity contribution in [2.75, 3.05) is 6.61 Å². The van der Waals surface area contributed by atoms with E-state index in [1.54, 1.807) is 12.1 Å². The van der Waals surface area contributed by atoms with Gasteiger partial charge in [-0.1, -0.05) is 52.7 Å². The van der Waals surface area contributed by atoms with Crippen molar-refractivity contribution >= 4 is 33.4 Å². The number of aryl methyl sites for hydroxylation is 2. The molecule has 0 unspecified atom stereocenters. The van der Waals surface area contributed by atoms with E-state index in [1.807, 2.05) is 13.0 Å². The standard InChI is InChI=1S/C19H21BrClNO2/c1-4-17(14-6-5-12(2)13(3)9-14)22-19(23)11-24-18-8-7-15(20)10-16(18)21/h5-10,17H,4,11H2,1-3H3,(H,22,23)/t17-/m0/s1. The number of carbonyl (C=O) groups excluding carboxylic acids is 1. The Bertz CT molecular complexity index is 733. The smallest absolute Gasteiger partial charge is 0.258 e. The summed E-state index contributed by atoms with van der Waals surface area (Å²) in [5.74, 6) is 0.327. The molecule has 0 spiro atoms. The van der Waals surface area contributed by atoms with Gasteiger partial charge in [0, 0.05) is 4.47 Å². The molecule has 0 bridgehead atoms. The van der Waals surface area contributed by atoms with Crippen molar-refractivity contribution in [1.82, 2.24) is 5.32 Å². The number of carbonyl (C=O) groups is 1. The van der Waals surface area contributed by atoms with Crippen molar-refractivity contribution in [3.8, 4) is 5.75 Å². The second kappa shape index (κ2) is 8.54. The monoisotopic (exact) mass is 409 g/mol. The van der Waals surface area contributed by atoms with E-state index in [0.29, 0.717) is 10.8 Å². The largest absolute Gasteiger partial charge is 0.482 e. The van der Waals surface area contributed by atoms with Crippen LogP contribution in [0.4, 0.5) is 0 Å². The minimum absolute atomic E-state index is 0.0270. The first-order valence-corrected chi connectivity index (χ1v) is 9.02. The number of halogens is 2. The number of benzene rings is 2. The lowest BCUT2D eigenvalue weighted by atomic mass is 9.99. The predicted octanol–water partition coefficient (Wildman–Crippen LogP) is 5.37. The second-order valence-corrected chi connectivity index (χ2v) is 7.06. The predicted molar refractivity (Wildman–Crippen MR) is 102 cm³/mol. The zero-order chi connectivity index (χ0) is 17.7. The highest BCUT2D eigenvalue weighted by atomic mass is 79.9. The summed E-state index contributed by atoms with van der Waals surface area (Å²) >= 11 is 9.42. The average molecular weight is 411 g/mol. The van der Waals surface area contributed by atoms with Gasteiger partial charge in [-0.05, 0) is 55.2 Å². The van der Waals surface area contributed by atoms with E-state index >= 15 is 0 Å². The third kappa shape index (κ3) is 4.99. The van der Waals surface area contributed by atoms with Crippen LogP contribution in [0.15, 0.2) is 40.9 Å². The van der Waals surface area contributed by atoms with Crippen LogP contribution in [0, 0.1) is 13.8 Å². The van der Waals surface area contributed by atoms with Gasteiger partial charge in [0.1, 0.15) is 5.75 Å². The molecule has 0 aliphatic carbocycles. The van der Waals surface area contributed by atoms with Gasteiger partial charge < -0.3 is 10.1 Å². The van der Waals surface area contributed by atoms with Crippen molar-refractivity contribution in [2.45, 2.75) is 33.2 Å². The molecule has 2 rings (SSSR count). The van der Waals surface area contributed by atoms with E-state index in [0.717, 1.165) is 16.5 Å². The summed E-state index contributed by atoms with van der Waals surface area (Å²) in [6.45, 7) is 6.13. The summed E-state index contributed by atoms with van der Waals surface area (Å²) in [5.41, 5.74) is 3.57. The van der Waals surface area contributed by atoms with Crippen LogP contribution in [0.2, 0.25) is 5.02 Å². The molecule has 1 atom stereocenters. The maximum atomic E-state index is 12.2. The number of amides is 1. The molecule has 24 heavy (non-hydrogen) atoms. The van der Waals surface area contributed by atoms with Crippen LogP contribution >= 0.6 is 27.5 Å². The van der Waals surface area contributed by atoms with Gasteiger partial charge in [0.05, 0.1) is 11.1 Å². The number of rotatable bonds is 6. The maximum Gasteiger partial charge on any atom is 0.258 e. The lowest BCUT2D eigenvalue weighted by Crippen LogP contribution is -2.32. The quantitative estimate of drug-likeness (QED) is 0.695. The van der Waals surface area contributed by atoms with Crippen LogP contribution in [0.5, 0.6) is 5.75 Å². The summed E-state index contributed by atoms with van der Waals surface area (Å²) in [6, 6.07) is 11.5. The van der Waals surface area contributed by atoms with Crippen LogP contribution in [0.25, 0.3) is 0 Å². The molecule has 0 radical (unpaired) electrons. The number of ether oxygens (including phenoxy) is 1. The minimum atomic E-state index is -0.168. The summed E-state index contributed by atoms with van der Waals surface area (Å²) < 4.78 is 6.38. The fourth-order valence-electron chi connectivity index (χ4n) is 2.37. The lowest BCUT2D eigenvalue weighted by molar-refractivity contribution is -0.123. The molecule has 3 nitrogen and oxygen atoms in total. The molecule has 0 saturated heterocycles. The van der Waals surface area contributed by atoms with Gasteiger partial charge in [0.25, 0.3) is 5.91 Å². The highest BCUT2D eigenvalue weighted by Crippen LogP contribution is 2.27. The molecule has 2 aromatic rings. The van der Waals surface area contributed by atoms with E-state index in [9.17, 15) is 4.79 Å². The summed E-state index contributed by atoms with van der Waals surface area (Å²) in [4.78, 5) is 12.2. The van der Waals surface area contributed by atoms with Crippen molar-refractivity contribution in [1.29, 1.82) is 0 Å². The number of nitrogens with one attached hydrogen (secondary N) is 1. The summed E-state index contributed by atoms with van der Waals surface area (Å²) in [7, 11) is 0. The highest BCUT2D eigenvalue weighted by molar-refractivity contribution is 9.10. The Hall–Kier alpha value is -1.52. The molecule has 0 aliphatic rings. The summed E-state index contributed by atoms with van der Waals surface area (Å²) in [5, 5.41) is 3.49. The Morgan fingerprint density at radius 1 is 1.21 bits per heavy atom. The van der Waals surface area contributed by atoms with Crippen molar-refractivity contribution in [3.05, 3.63) is 62.6 Å². The third-order valence-corrected chi connectivity index (χ3v) is 4.72. The Morgan fingerprint density at radius 2 is 1.96 bits per heavy atom. The first-order valence-electron chi connectivity index (χ1n) is 7.85. The normalized spacial score (nSPS) is 11.9. The van der Waals surface area contributed by atoms with Gasteiger partial charge in [0.15, 0.2) is 6.61 Å². The molecule has 1 N–H and O–H groups in total. The van der Waals surface area contributed by atoms with E-state index < -0.39 is 0 Å². The Balaban J connectivity index is 1.97. The van der Waals surface area contributed by atoms with E-state index in [1.165, 1.54) is 11.1 Å². The highest BCUT2D eigenvalue weighted by Gasteiger charge is 2.14. The molecular weight excluding hydrogens is 390 g/mol. The molecular formula is C19H21BrClNO2. The zero-order valence-electron chi connectivity index (χ0n) is 14.0. The Labute approximate surface area is 156 Å². The topological polar surface area (TPSA) is 38.3 Å². The zero-order valence-corrected chi connectivity index (χ0v) is 16.4. The van der Waals surface area contributed by atoms with Crippen LogP contribution in [0.1, 0.15) is 36.1 Å². The number of hydrogen-bond donors (Lipinski definition) is 1. The van der Waals surface area contributed by atoms with Crippen LogP contribution in [0.3, 0.4) is 0 Å². The van der Waals surface area contributed by atoms with Gasteiger partial charge in [-0.2, -0.15) is 0 Å². The van der Waals surface area contributed by atoms with Gasteiger partial charge in [-0.15, -0.1) is 0 Å². The van der Waals surface area contributed by atoms with E-state index in [4.69, 9.17) is 16.3 Å². The Morgan fingerprint density at radius 3 is 2.58 bits per heavy atom. The molecule has 2 aromatic carbocycles. The first kappa shape index (κ1) is 18.8. The van der Waals surface area contributed by atoms with Crippen molar-refractivity contribution in [2.24, 2.45) is 0 Å². The summed E-state index contributed by atoms with van der Waals surface area (Å²) in [6.07, 6.45) is 0.813. The van der Waals surface area contributed by atoms with Gasteiger partial charge in [0.2, 0.25) is 0 Å². The molecule has 5 heteroatoms. The van der Waals surface area contributed by atoms with Crippen LogP contribution in [-0.2, 0) is 4.79 Å². The number of hydrogen-bond acceptors (Lipinski definition) is 2. The maximum absolute atomic E-state index is 12.2. The molecule has 0 heterocycles. The second-order valence-electron chi connectivity index (χ2n) is 5.74. The van der Waals surface area contributed by atoms with Crippen LogP contribution in [-0.4, -0.2) is 12.5 Å².